The highest BCUT2D eigenvalue weighted by atomic mass is 32.2. The van der Waals surface area contributed by atoms with Crippen molar-refractivity contribution in [2.24, 2.45) is 17.6 Å². The molecule has 2 heterocycles. The smallest absolute Gasteiger partial charge is 0.327 e. The average molecular weight is 288 g/mol. The lowest BCUT2D eigenvalue weighted by atomic mass is 10.0. The van der Waals surface area contributed by atoms with Gasteiger partial charge in [0.05, 0.1) is 24.5 Å². The molecule has 2 rings (SSSR count). The first-order valence-electron chi connectivity index (χ1n) is 6.43. The molecule has 0 aromatic heterocycles. The van der Waals surface area contributed by atoms with Crippen molar-refractivity contribution in [1.29, 1.82) is 0 Å². The number of rotatable bonds is 3. The summed E-state index contributed by atoms with van der Waals surface area (Å²) in [5.74, 6) is -0.900. The second kappa shape index (κ2) is 5.68. The molecule has 4 atom stereocenters. The molecule has 0 saturated carbocycles. The number of carboxylic acids is 1. The quantitative estimate of drug-likeness (QED) is 0.757. The number of ether oxygens (including phenoxy) is 1. The SMILES string of the molecule is CC(C)C1SCC(C(=O)O)N1C(=O)C1COCC1N. The minimum Gasteiger partial charge on any atom is -0.480 e. The Labute approximate surface area is 116 Å². The Kier molecular flexibility index (Phi) is 4.37. The lowest BCUT2D eigenvalue weighted by Crippen LogP contribution is -2.52. The standard InChI is InChI=1S/C12H20N2O4S/c1-6(2)11-14(9(5-19-11)12(16)17)10(15)7-3-18-4-8(7)13/h6-9,11H,3-5,13H2,1-2H3,(H,16,17). The molecule has 2 aliphatic heterocycles. The summed E-state index contributed by atoms with van der Waals surface area (Å²) in [6.07, 6.45) is 0. The maximum Gasteiger partial charge on any atom is 0.327 e. The number of thioether (sulfide) groups is 1. The summed E-state index contributed by atoms with van der Waals surface area (Å²) in [5.41, 5.74) is 5.86. The average Bonchev–Trinajstić information content (AvgIpc) is 2.93. The van der Waals surface area contributed by atoms with Gasteiger partial charge in [0.15, 0.2) is 0 Å². The number of amides is 1. The van der Waals surface area contributed by atoms with Gasteiger partial charge in [0, 0.05) is 11.8 Å². The zero-order chi connectivity index (χ0) is 14.2. The Morgan fingerprint density at radius 3 is 2.58 bits per heavy atom. The Bertz CT molecular complexity index is 377. The number of hydrogen-bond acceptors (Lipinski definition) is 5. The van der Waals surface area contributed by atoms with E-state index in [2.05, 4.69) is 0 Å². The minimum atomic E-state index is -0.948. The van der Waals surface area contributed by atoms with Crippen LogP contribution in [-0.2, 0) is 14.3 Å². The normalized spacial score (nSPS) is 35.1. The van der Waals surface area contributed by atoms with Gasteiger partial charge in [-0.2, -0.15) is 0 Å². The Hall–Kier alpha value is -0.790. The van der Waals surface area contributed by atoms with Gasteiger partial charge in [-0.1, -0.05) is 13.8 Å². The molecular formula is C12H20N2O4S. The molecule has 6 nitrogen and oxygen atoms in total. The highest BCUT2D eigenvalue weighted by Gasteiger charge is 2.46. The molecule has 19 heavy (non-hydrogen) atoms. The van der Waals surface area contributed by atoms with Crippen molar-refractivity contribution in [3.8, 4) is 0 Å². The molecule has 0 bridgehead atoms. The van der Waals surface area contributed by atoms with Gasteiger partial charge in [-0.05, 0) is 5.92 Å². The Morgan fingerprint density at radius 2 is 2.11 bits per heavy atom. The second-order valence-corrected chi connectivity index (χ2v) is 6.52. The van der Waals surface area contributed by atoms with Crippen LogP contribution in [0.5, 0.6) is 0 Å². The van der Waals surface area contributed by atoms with Crippen LogP contribution in [0.4, 0.5) is 0 Å². The summed E-state index contributed by atoms with van der Waals surface area (Å²) in [4.78, 5) is 25.4. The molecular weight excluding hydrogens is 268 g/mol. The number of carbonyl (C=O) groups excluding carboxylic acids is 1. The molecule has 3 N–H and O–H groups in total. The molecule has 0 radical (unpaired) electrons. The number of nitrogens with zero attached hydrogens (tertiary/aromatic N) is 1. The Morgan fingerprint density at radius 1 is 1.42 bits per heavy atom. The van der Waals surface area contributed by atoms with Gasteiger partial charge in [-0.15, -0.1) is 11.8 Å². The molecule has 0 aromatic rings. The molecule has 0 aliphatic carbocycles. The van der Waals surface area contributed by atoms with Crippen molar-refractivity contribution < 1.29 is 19.4 Å². The van der Waals surface area contributed by atoms with E-state index in [1.165, 1.54) is 16.7 Å². The molecule has 0 spiro atoms. The van der Waals surface area contributed by atoms with Gasteiger partial charge in [0.1, 0.15) is 6.04 Å². The van der Waals surface area contributed by atoms with Crippen LogP contribution in [0.25, 0.3) is 0 Å². The van der Waals surface area contributed by atoms with E-state index in [1.807, 2.05) is 13.8 Å². The summed E-state index contributed by atoms with van der Waals surface area (Å²) < 4.78 is 5.21. The summed E-state index contributed by atoms with van der Waals surface area (Å²) in [7, 11) is 0. The third kappa shape index (κ3) is 2.73. The van der Waals surface area contributed by atoms with E-state index >= 15 is 0 Å². The fourth-order valence-corrected chi connectivity index (χ4v) is 4.01. The molecule has 4 unspecified atom stereocenters. The Balaban J connectivity index is 2.20. The fourth-order valence-electron chi connectivity index (χ4n) is 2.53. The van der Waals surface area contributed by atoms with Gasteiger partial charge in [0.25, 0.3) is 0 Å². The lowest BCUT2D eigenvalue weighted by molar-refractivity contribution is -0.151. The highest BCUT2D eigenvalue weighted by Crippen LogP contribution is 2.36. The van der Waals surface area contributed by atoms with Crippen molar-refractivity contribution in [1.82, 2.24) is 4.90 Å². The van der Waals surface area contributed by atoms with E-state index in [4.69, 9.17) is 10.5 Å². The number of aliphatic carboxylic acids is 1. The van der Waals surface area contributed by atoms with Crippen LogP contribution in [0.3, 0.4) is 0 Å². The largest absolute Gasteiger partial charge is 0.480 e. The number of hydrogen-bond donors (Lipinski definition) is 2. The van der Waals surface area contributed by atoms with Crippen molar-refractivity contribution in [3.63, 3.8) is 0 Å². The molecule has 2 fully saturated rings. The van der Waals surface area contributed by atoms with E-state index in [1.54, 1.807) is 0 Å². The van der Waals surface area contributed by atoms with E-state index in [0.717, 1.165) is 0 Å². The van der Waals surface area contributed by atoms with E-state index < -0.39 is 17.9 Å². The van der Waals surface area contributed by atoms with Gasteiger partial charge >= 0.3 is 5.97 Å². The maximum absolute atomic E-state index is 12.6. The third-order valence-corrected chi connectivity index (χ3v) is 5.21. The topological polar surface area (TPSA) is 92.9 Å². The first kappa shape index (κ1) is 14.6. The molecule has 2 aliphatic rings. The summed E-state index contributed by atoms with van der Waals surface area (Å²) >= 11 is 1.53. The zero-order valence-electron chi connectivity index (χ0n) is 11.1. The molecule has 7 heteroatoms. The van der Waals surface area contributed by atoms with Crippen molar-refractivity contribution in [2.75, 3.05) is 19.0 Å². The van der Waals surface area contributed by atoms with Crippen molar-refractivity contribution >= 4 is 23.6 Å². The summed E-state index contributed by atoms with van der Waals surface area (Å²) in [6.45, 7) is 4.64. The van der Waals surface area contributed by atoms with Gasteiger partial charge < -0.3 is 20.5 Å². The van der Waals surface area contributed by atoms with Gasteiger partial charge in [-0.25, -0.2) is 4.79 Å². The van der Waals surface area contributed by atoms with Crippen molar-refractivity contribution in [3.05, 3.63) is 0 Å². The predicted molar refractivity (Wildman–Crippen MR) is 71.6 cm³/mol. The lowest BCUT2D eigenvalue weighted by Gasteiger charge is -2.32. The molecule has 0 aromatic carbocycles. The third-order valence-electron chi connectivity index (χ3n) is 3.59. The second-order valence-electron chi connectivity index (χ2n) is 5.38. The van der Waals surface area contributed by atoms with Gasteiger partial charge in [-0.3, -0.25) is 4.79 Å². The van der Waals surface area contributed by atoms with Crippen LogP contribution >= 0.6 is 11.8 Å². The van der Waals surface area contributed by atoms with E-state index in [0.29, 0.717) is 19.0 Å². The van der Waals surface area contributed by atoms with Crippen LogP contribution in [-0.4, -0.2) is 58.3 Å². The van der Waals surface area contributed by atoms with Crippen LogP contribution in [0.1, 0.15) is 13.8 Å². The predicted octanol–water partition coefficient (Wildman–Crippen LogP) is -0.0292. The van der Waals surface area contributed by atoms with Crippen molar-refractivity contribution in [2.45, 2.75) is 31.3 Å². The van der Waals surface area contributed by atoms with Gasteiger partial charge in [0.2, 0.25) is 5.91 Å². The number of carbonyl (C=O) groups is 2. The van der Waals surface area contributed by atoms with Crippen LogP contribution in [0, 0.1) is 11.8 Å². The molecule has 108 valence electrons. The minimum absolute atomic E-state index is 0.0959. The van der Waals surface area contributed by atoms with Crippen LogP contribution < -0.4 is 5.73 Å². The monoisotopic (exact) mass is 288 g/mol. The summed E-state index contributed by atoms with van der Waals surface area (Å²) in [6, 6.07) is -1.09. The highest BCUT2D eigenvalue weighted by molar-refractivity contribution is 8.00. The van der Waals surface area contributed by atoms with Crippen LogP contribution in [0.2, 0.25) is 0 Å². The van der Waals surface area contributed by atoms with Crippen LogP contribution in [0.15, 0.2) is 0 Å². The molecule has 2 saturated heterocycles. The zero-order valence-corrected chi connectivity index (χ0v) is 11.9. The van der Waals surface area contributed by atoms with E-state index in [9.17, 15) is 14.7 Å². The number of nitrogens with two attached hydrogens (primary N) is 1. The summed E-state index contributed by atoms with van der Waals surface area (Å²) in [5, 5.41) is 9.18. The maximum atomic E-state index is 12.6. The first-order chi connectivity index (χ1) is 8.93. The fraction of sp³-hybridized carbons (Fsp3) is 0.833. The molecule has 1 amide bonds. The number of carboxylic acid groups (broad SMARTS) is 1. The first-order valence-corrected chi connectivity index (χ1v) is 7.48. The van der Waals surface area contributed by atoms with E-state index in [-0.39, 0.29) is 23.2 Å².